The van der Waals surface area contributed by atoms with E-state index >= 15 is 0 Å². The molecule has 0 spiro atoms. The second-order valence-electron chi connectivity index (χ2n) is 7.36. The molecule has 3 rings (SSSR count). The summed E-state index contributed by atoms with van der Waals surface area (Å²) in [6.45, 7) is 0.924. The second kappa shape index (κ2) is 9.35. The third-order valence-corrected chi connectivity index (χ3v) is 8.59. The fraction of sp³-hybridized carbons (Fsp3) is 0.350. The van der Waals surface area contributed by atoms with Crippen LogP contribution in [0.2, 0.25) is 0 Å². The maximum Gasteiger partial charge on any atom is 0.243 e. The number of carbonyl (C=O) groups is 1. The molecule has 1 fully saturated rings. The van der Waals surface area contributed by atoms with Gasteiger partial charge < -0.3 is 10.6 Å². The fourth-order valence-corrected chi connectivity index (χ4v) is 5.69. The first-order chi connectivity index (χ1) is 14.6. The van der Waals surface area contributed by atoms with Gasteiger partial charge in [0.05, 0.1) is 16.3 Å². The van der Waals surface area contributed by atoms with Crippen LogP contribution in [0.4, 0.5) is 11.4 Å². The highest BCUT2D eigenvalue weighted by atomic mass is 32.2. The summed E-state index contributed by atoms with van der Waals surface area (Å²) < 4.78 is 52.4. The average Bonchev–Trinajstić information content (AvgIpc) is 3.28. The normalized spacial score (nSPS) is 15.2. The van der Waals surface area contributed by atoms with Gasteiger partial charge in [0.15, 0.2) is 0 Å². The Kier molecular flexibility index (Phi) is 6.99. The van der Waals surface area contributed by atoms with E-state index in [-0.39, 0.29) is 16.3 Å². The smallest absolute Gasteiger partial charge is 0.243 e. The molecule has 2 N–H and O–H groups in total. The Morgan fingerprint density at radius 2 is 1.52 bits per heavy atom. The van der Waals surface area contributed by atoms with E-state index < -0.39 is 26.0 Å². The maximum absolute atomic E-state index is 12.7. The number of hydrogen-bond donors (Lipinski definition) is 2. The van der Waals surface area contributed by atoms with E-state index in [9.17, 15) is 21.6 Å². The Bertz CT molecular complexity index is 1160. The van der Waals surface area contributed by atoms with Crippen LogP contribution in [0.3, 0.4) is 0 Å². The number of anilines is 2. The van der Waals surface area contributed by atoms with Crippen LogP contribution in [0, 0.1) is 0 Å². The van der Waals surface area contributed by atoms with Crippen LogP contribution in [0.25, 0.3) is 0 Å². The van der Waals surface area contributed by atoms with Gasteiger partial charge in [-0.3, -0.25) is 4.79 Å². The molecule has 0 saturated carbocycles. The van der Waals surface area contributed by atoms with Crippen molar-refractivity contribution < 1.29 is 21.6 Å². The zero-order chi connectivity index (χ0) is 22.6. The molecule has 2 aromatic rings. The summed E-state index contributed by atoms with van der Waals surface area (Å²) in [5, 5.41) is 5.55. The van der Waals surface area contributed by atoms with E-state index in [2.05, 4.69) is 10.6 Å². The zero-order valence-corrected chi connectivity index (χ0v) is 19.0. The quantitative estimate of drug-likeness (QED) is 0.613. The molecular weight excluding hydrogens is 440 g/mol. The Hall–Kier alpha value is -2.47. The number of benzene rings is 2. The molecule has 1 amide bonds. The molecule has 11 heteroatoms. The first-order valence-corrected chi connectivity index (χ1v) is 12.7. The molecule has 1 aliphatic heterocycles. The summed E-state index contributed by atoms with van der Waals surface area (Å²) in [6, 6.07) is 12.3. The lowest BCUT2D eigenvalue weighted by molar-refractivity contribution is -0.114. The van der Waals surface area contributed by atoms with Gasteiger partial charge in [0.2, 0.25) is 26.0 Å². The maximum atomic E-state index is 12.7. The summed E-state index contributed by atoms with van der Waals surface area (Å²) >= 11 is 0. The molecule has 0 aliphatic carbocycles. The Morgan fingerprint density at radius 1 is 0.935 bits per heavy atom. The third-order valence-electron chi connectivity index (χ3n) is 4.89. The lowest BCUT2D eigenvalue weighted by Crippen LogP contribution is -2.28. The molecule has 31 heavy (non-hydrogen) atoms. The molecule has 1 aliphatic rings. The van der Waals surface area contributed by atoms with E-state index in [0.29, 0.717) is 24.5 Å². The minimum absolute atomic E-state index is 0.0723. The van der Waals surface area contributed by atoms with Gasteiger partial charge in [-0.15, -0.1) is 0 Å². The number of carbonyl (C=O) groups excluding carboxylic acids is 1. The summed E-state index contributed by atoms with van der Waals surface area (Å²) in [6.07, 6.45) is 1.71. The topological polar surface area (TPSA) is 116 Å². The average molecular weight is 467 g/mol. The van der Waals surface area contributed by atoms with Crippen molar-refractivity contribution in [1.29, 1.82) is 0 Å². The first kappa shape index (κ1) is 23.2. The van der Waals surface area contributed by atoms with Crippen molar-refractivity contribution in [3.8, 4) is 0 Å². The van der Waals surface area contributed by atoms with Crippen molar-refractivity contribution in [3.05, 3.63) is 48.5 Å². The molecule has 1 heterocycles. The highest BCUT2D eigenvalue weighted by molar-refractivity contribution is 7.89. The van der Waals surface area contributed by atoms with Gasteiger partial charge >= 0.3 is 0 Å². The van der Waals surface area contributed by atoms with Gasteiger partial charge in [0.1, 0.15) is 0 Å². The first-order valence-electron chi connectivity index (χ1n) is 9.77. The van der Waals surface area contributed by atoms with Crippen molar-refractivity contribution in [2.45, 2.75) is 22.6 Å². The predicted molar refractivity (Wildman–Crippen MR) is 119 cm³/mol. The van der Waals surface area contributed by atoms with Crippen LogP contribution in [0.15, 0.2) is 58.3 Å². The van der Waals surface area contributed by atoms with Gasteiger partial charge in [-0.05, 0) is 49.2 Å². The standard InChI is InChI=1S/C20H26N4O5S2/c1-23(2)30(26,27)18-9-6-8-17(14-18)22-20(25)15-21-16-7-5-10-19(13-16)31(28,29)24-11-3-4-12-24/h5-10,13-14,21H,3-4,11-12,15H2,1-2H3,(H,22,25). The van der Waals surface area contributed by atoms with Crippen molar-refractivity contribution in [3.63, 3.8) is 0 Å². The van der Waals surface area contributed by atoms with Crippen LogP contribution >= 0.6 is 0 Å². The van der Waals surface area contributed by atoms with Crippen molar-refractivity contribution >= 4 is 37.3 Å². The summed E-state index contributed by atoms with van der Waals surface area (Å²) in [5.41, 5.74) is 0.847. The van der Waals surface area contributed by atoms with E-state index in [0.717, 1.165) is 17.1 Å². The lowest BCUT2D eigenvalue weighted by atomic mass is 10.3. The lowest BCUT2D eigenvalue weighted by Gasteiger charge is -2.16. The van der Waals surface area contributed by atoms with Gasteiger partial charge in [-0.2, -0.15) is 4.31 Å². The molecule has 168 valence electrons. The van der Waals surface area contributed by atoms with Crippen molar-refractivity contribution in [2.75, 3.05) is 44.4 Å². The van der Waals surface area contributed by atoms with Crippen molar-refractivity contribution in [2.24, 2.45) is 0 Å². The summed E-state index contributed by atoms with van der Waals surface area (Å²) in [5.74, 6) is -0.396. The number of rotatable bonds is 8. The van der Waals surface area contributed by atoms with Crippen LogP contribution in [0.5, 0.6) is 0 Å². The van der Waals surface area contributed by atoms with E-state index in [1.165, 1.54) is 42.7 Å². The number of amides is 1. The van der Waals surface area contributed by atoms with Crippen LogP contribution in [-0.4, -0.2) is 65.1 Å². The highest BCUT2D eigenvalue weighted by Crippen LogP contribution is 2.23. The van der Waals surface area contributed by atoms with E-state index in [1.54, 1.807) is 24.3 Å². The van der Waals surface area contributed by atoms with Gasteiger partial charge in [-0.1, -0.05) is 12.1 Å². The molecule has 0 aromatic heterocycles. The molecule has 0 atom stereocenters. The molecule has 9 nitrogen and oxygen atoms in total. The minimum atomic E-state index is -3.61. The largest absolute Gasteiger partial charge is 0.376 e. The zero-order valence-electron chi connectivity index (χ0n) is 17.4. The molecule has 0 radical (unpaired) electrons. The molecule has 1 saturated heterocycles. The monoisotopic (exact) mass is 466 g/mol. The molecular formula is C20H26N4O5S2. The van der Waals surface area contributed by atoms with Gasteiger partial charge in [0, 0.05) is 38.6 Å². The Morgan fingerprint density at radius 3 is 2.16 bits per heavy atom. The fourth-order valence-electron chi connectivity index (χ4n) is 3.18. The van der Waals surface area contributed by atoms with Crippen LogP contribution in [0.1, 0.15) is 12.8 Å². The van der Waals surface area contributed by atoms with E-state index in [4.69, 9.17) is 0 Å². The SMILES string of the molecule is CN(C)S(=O)(=O)c1cccc(NC(=O)CNc2cccc(S(=O)(=O)N3CCCC3)c2)c1. The van der Waals surface area contributed by atoms with Gasteiger partial charge in [0.25, 0.3) is 0 Å². The predicted octanol–water partition coefficient (Wildman–Crippen LogP) is 1.77. The number of hydrogen-bond acceptors (Lipinski definition) is 6. The number of nitrogens with zero attached hydrogens (tertiary/aromatic N) is 2. The summed E-state index contributed by atoms with van der Waals surface area (Å²) in [7, 11) is -4.29. The Balaban J connectivity index is 1.64. The summed E-state index contributed by atoms with van der Waals surface area (Å²) in [4.78, 5) is 12.6. The van der Waals surface area contributed by atoms with Crippen LogP contribution < -0.4 is 10.6 Å². The van der Waals surface area contributed by atoms with Gasteiger partial charge in [-0.25, -0.2) is 21.1 Å². The van der Waals surface area contributed by atoms with Crippen molar-refractivity contribution in [1.82, 2.24) is 8.61 Å². The van der Waals surface area contributed by atoms with Crippen LogP contribution in [-0.2, 0) is 24.8 Å². The highest BCUT2D eigenvalue weighted by Gasteiger charge is 2.27. The molecule has 2 aromatic carbocycles. The Labute approximate surface area is 183 Å². The van der Waals surface area contributed by atoms with E-state index in [1.807, 2.05) is 0 Å². The minimum Gasteiger partial charge on any atom is -0.376 e. The second-order valence-corrected chi connectivity index (χ2v) is 11.4. The third kappa shape index (κ3) is 5.42. The number of sulfonamides is 2. The molecule has 0 unspecified atom stereocenters. The molecule has 0 bridgehead atoms. The number of nitrogens with one attached hydrogen (secondary N) is 2.